The maximum absolute atomic E-state index is 14.2. The third-order valence-electron chi connectivity index (χ3n) is 5.51. The average Bonchev–Trinajstić information content (AvgIpc) is 3.53. The number of carbonyl (C=O) groups excluding carboxylic acids is 1. The number of benzene rings is 2. The lowest BCUT2D eigenvalue weighted by Crippen LogP contribution is -2.30. The van der Waals surface area contributed by atoms with Crippen molar-refractivity contribution in [2.45, 2.75) is 31.7 Å². The number of nitrogens with zero attached hydrogens (tertiary/aromatic N) is 3. The van der Waals surface area contributed by atoms with E-state index in [-0.39, 0.29) is 24.6 Å². The standard InChI is InChI=1S/C23H19BrFN3O3/c1-30-19-9-6-13(10-17(19)25)12-28-18-5-3-2-4-15(18)21(24)16(11-20(28)29)23-27-26-22(31-23)14-7-8-14/h2-6,9-10,14H,7-8,11-12H2,1H3. The maximum Gasteiger partial charge on any atom is 0.245 e. The van der Waals surface area contributed by atoms with Crippen molar-refractivity contribution < 1.29 is 18.3 Å². The molecule has 1 saturated carbocycles. The predicted molar refractivity (Wildman–Crippen MR) is 117 cm³/mol. The van der Waals surface area contributed by atoms with Gasteiger partial charge >= 0.3 is 0 Å². The summed E-state index contributed by atoms with van der Waals surface area (Å²) in [6.45, 7) is 0.224. The van der Waals surface area contributed by atoms with Crippen molar-refractivity contribution in [3.05, 3.63) is 71.2 Å². The lowest BCUT2D eigenvalue weighted by molar-refractivity contribution is -0.117. The summed E-state index contributed by atoms with van der Waals surface area (Å²) in [5, 5.41) is 8.36. The molecule has 1 amide bonds. The molecule has 1 fully saturated rings. The number of ether oxygens (including phenoxy) is 1. The lowest BCUT2D eigenvalue weighted by Gasteiger charge is -2.23. The van der Waals surface area contributed by atoms with Crippen LogP contribution in [0.5, 0.6) is 5.75 Å². The van der Waals surface area contributed by atoms with Gasteiger partial charge in [0.25, 0.3) is 0 Å². The Morgan fingerprint density at radius 2 is 2.03 bits per heavy atom. The van der Waals surface area contributed by atoms with Gasteiger partial charge in [0.15, 0.2) is 11.6 Å². The molecule has 3 aromatic rings. The fourth-order valence-electron chi connectivity index (χ4n) is 3.70. The van der Waals surface area contributed by atoms with Gasteiger partial charge in [0.05, 0.1) is 25.8 Å². The van der Waals surface area contributed by atoms with Crippen molar-refractivity contribution in [3.63, 3.8) is 0 Å². The Bertz CT molecular complexity index is 1200. The first-order valence-electron chi connectivity index (χ1n) is 9.99. The Balaban J connectivity index is 1.52. The van der Waals surface area contributed by atoms with Crippen LogP contribution in [0.1, 0.15) is 48.1 Å². The van der Waals surface area contributed by atoms with E-state index in [1.54, 1.807) is 17.0 Å². The largest absolute Gasteiger partial charge is 0.494 e. The smallest absolute Gasteiger partial charge is 0.245 e. The molecule has 0 radical (unpaired) electrons. The number of hydrogen-bond acceptors (Lipinski definition) is 5. The SMILES string of the molecule is COc1ccc(CN2C(=O)CC(c3nnc(C4CC4)o3)=C(Br)c3ccccc32)cc1F. The summed E-state index contributed by atoms with van der Waals surface area (Å²) in [6, 6.07) is 12.3. The highest BCUT2D eigenvalue weighted by atomic mass is 79.9. The fourth-order valence-corrected chi connectivity index (χ4v) is 4.35. The quantitative estimate of drug-likeness (QED) is 0.492. The molecule has 1 aliphatic carbocycles. The number of halogens is 2. The first-order valence-corrected chi connectivity index (χ1v) is 10.8. The van der Waals surface area contributed by atoms with E-state index in [1.165, 1.54) is 13.2 Å². The summed E-state index contributed by atoms with van der Waals surface area (Å²) in [4.78, 5) is 15.0. The van der Waals surface area contributed by atoms with Crippen LogP contribution in [0.2, 0.25) is 0 Å². The summed E-state index contributed by atoms with van der Waals surface area (Å²) in [6.07, 6.45) is 2.19. The van der Waals surface area contributed by atoms with Crippen LogP contribution in [0, 0.1) is 5.82 Å². The second kappa shape index (κ2) is 7.92. The molecule has 158 valence electrons. The van der Waals surface area contributed by atoms with Crippen LogP contribution in [0.15, 0.2) is 46.9 Å². The number of para-hydroxylation sites is 1. The van der Waals surface area contributed by atoms with Crippen LogP contribution in [0.4, 0.5) is 10.1 Å². The van der Waals surface area contributed by atoms with E-state index in [0.717, 1.165) is 28.6 Å². The fraction of sp³-hybridized carbons (Fsp3) is 0.261. The van der Waals surface area contributed by atoms with E-state index in [0.29, 0.717) is 28.8 Å². The summed E-state index contributed by atoms with van der Waals surface area (Å²) < 4.78 is 25.8. The third kappa shape index (κ3) is 3.76. The van der Waals surface area contributed by atoms with Crippen molar-refractivity contribution >= 4 is 37.6 Å². The van der Waals surface area contributed by atoms with Crippen LogP contribution in [0.3, 0.4) is 0 Å². The van der Waals surface area contributed by atoms with E-state index in [2.05, 4.69) is 26.1 Å². The Kier molecular flexibility index (Phi) is 5.09. The average molecular weight is 484 g/mol. The van der Waals surface area contributed by atoms with Gasteiger partial charge in [-0.2, -0.15) is 0 Å². The molecule has 0 unspecified atom stereocenters. The topological polar surface area (TPSA) is 68.5 Å². The van der Waals surface area contributed by atoms with E-state index >= 15 is 0 Å². The number of amides is 1. The van der Waals surface area contributed by atoms with Crippen molar-refractivity contribution in [3.8, 4) is 5.75 Å². The zero-order chi connectivity index (χ0) is 21.5. The third-order valence-corrected chi connectivity index (χ3v) is 6.41. The summed E-state index contributed by atoms with van der Waals surface area (Å²) in [5.41, 5.74) is 2.88. The van der Waals surface area contributed by atoms with Gasteiger partial charge in [0.2, 0.25) is 17.7 Å². The summed E-state index contributed by atoms with van der Waals surface area (Å²) >= 11 is 3.67. The van der Waals surface area contributed by atoms with Gasteiger partial charge in [-0.1, -0.05) is 24.3 Å². The van der Waals surface area contributed by atoms with Crippen molar-refractivity contribution in [1.82, 2.24) is 10.2 Å². The van der Waals surface area contributed by atoms with Gasteiger partial charge in [-0.05, 0) is 52.5 Å². The molecular weight excluding hydrogens is 465 g/mol. The molecule has 8 heteroatoms. The number of methoxy groups -OCH3 is 1. The minimum Gasteiger partial charge on any atom is -0.494 e. The molecule has 0 spiro atoms. The molecule has 2 aliphatic rings. The van der Waals surface area contributed by atoms with Crippen molar-refractivity contribution in [1.29, 1.82) is 0 Å². The van der Waals surface area contributed by atoms with Gasteiger partial charge in [-0.15, -0.1) is 10.2 Å². The number of fused-ring (bicyclic) bond motifs is 1. The van der Waals surface area contributed by atoms with Crippen molar-refractivity contribution in [2.75, 3.05) is 12.0 Å². The molecule has 1 aromatic heterocycles. The first kappa shape index (κ1) is 19.9. The molecule has 0 atom stereocenters. The molecule has 0 N–H and O–H groups in total. The number of aromatic nitrogens is 2. The van der Waals surface area contributed by atoms with Crippen LogP contribution in [0.25, 0.3) is 10.1 Å². The normalized spacial score (nSPS) is 16.4. The van der Waals surface area contributed by atoms with E-state index in [4.69, 9.17) is 9.15 Å². The molecular formula is C23H19BrFN3O3. The second-order valence-electron chi connectivity index (χ2n) is 7.65. The molecule has 0 saturated heterocycles. The van der Waals surface area contributed by atoms with Gasteiger partial charge < -0.3 is 14.1 Å². The predicted octanol–water partition coefficient (Wildman–Crippen LogP) is 5.29. The zero-order valence-corrected chi connectivity index (χ0v) is 18.4. The molecule has 1 aliphatic heterocycles. The van der Waals surface area contributed by atoms with E-state index < -0.39 is 5.82 Å². The summed E-state index contributed by atoms with van der Waals surface area (Å²) in [5.74, 6) is 0.873. The maximum atomic E-state index is 14.2. The van der Waals surface area contributed by atoms with Crippen molar-refractivity contribution in [2.24, 2.45) is 0 Å². The van der Waals surface area contributed by atoms with Crippen LogP contribution in [-0.2, 0) is 11.3 Å². The number of anilines is 1. The first-order chi connectivity index (χ1) is 15.0. The number of hydrogen-bond donors (Lipinski definition) is 0. The van der Waals surface area contributed by atoms with Crippen LogP contribution < -0.4 is 9.64 Å². The monoisotopic (exact) mass is 483 g/mol. The van der Waals surface area contributed by atoms with E-state index in [1.807, 2.05) is 24.3 Å². The lowest BCUT2D eigenvalue weighted by atomic mass is 10.1. The number of carbonyl (C=O) groups is 1. The van der Waals surface area contributed by atoms with E-state index in [9.17, 15) is 9.18 Å². The Morgan fingerprint density at radius 1 is 1.23 bits per heavy atom. The highest BCUT2D eigenvalue weighted by Crippen LogP contribution is 2.44. The Morgan fingerprint density at radius 3 is 2.77 bits per heavy atom. The summed E-state index contributed by atoms with van der Waals surface area (Å²) in [7, 11) is 1.42. The molecule has 31 heavy (non-hydrogen) atoms. The molecule has 5 rings (SSSR count). The van der Waals surface area contributed by atoms with Gasteiger partial charge in [0.1, 0.15) is 0 Å². The molecule has 2 heterocycles. The highest BCUT2D eigenvalue weighted by molar-refractivity contribution is 9.15. The van der Waals surface area contributed by atoms with Gasteiger partial charge in [-0.25, -0.2) is 4.39 Å². The van der Waals surface area contributed by atoms with Crippen LogP contribution >= 0.6 is 15.9 Å². The molecule has 0 bridgehead atoms. The van der Waals surface area contributed by atoms with Gasteiger partial charge in [0, 0.05) is 21.5 Å². The molecule has 6 nitrogen and oxygen atoms in total. The molecule has 2 aromatic carbocycles. The van der Waals surface area contributed by atoms with Crippen LogP contribution in [-0.4, -0.2) is 23.2 Å². The number of rotatable bonds is 5. The Labute approximate surface area is 186 Å². The minimum atomic E-state index is -0.464. The highest BCUT2D eigenvalue weighted by Gasteiger charge is 2.33. The Hall–Kier alpha value is -3.00. The second-order valence-corrected chi connectivity index (χ2v) is 8.45. The van der Waals surface area contributed by atoms with Gasteiger partial charge in [-0.3, -0.25) is 4.79 Å². The zero-order valence-electron chi connectivity index (χ0n) is 16.8. The minimum absolute atomic E-state index is 0.0835.